The van der Waals surface area contributed by atoms with Gasteiger partial charge in [-0.25, -0.2) is 5.26 Å². The maximum atomic E-state index is 10.1. The Bertz CT molecular complexity index is 1840. The van der Waals surface area contributed by atoms with E-state index in [1.165, 1.54) is 33.4 Å². The monoisotopic (exact) mass is 684 g/mol. The minimum absolute atomic E-state index is 0.159. The normalized spacial score (nSPS) is 15.7. The van der Waals surface area contributed by atoms with Crippen molar-refractivity contribution in [3.63, 3.8) is 0 Å². The topological polar surface area (TPSA) is 143 Å². The molecule has 1 unspecified atom stereocenters. The molecule has 4 aromatic carbocycles. The van der Waals surface area contributed by atoms with Gasteiger partial charge in [-0.2, -0.15) is 0 Å². The number of aromatic hydroxyl groups is 2. The van der Waals surface area contributed by atoms with E-state index in [-0.39, 0.29) is 11.5 Å². The molecule has 0 bridgehead atoms. The molecule has 0 fully saturated rings. The molecule has 3 aliphatic heterocycles. The van der Waals surface area contributed by atoms with Crippen molar-refractivity contribution in [1.29, 1.82) is 0 Å². The highest BCUT2D eigenvalue weighted by molar-refractivity contribution is 6.04. The van der Waals surface area contributed by atoms with Gasteiger partial charge in [0.25, 0.3) is 0 Å². The number of aliphatic imine (C=N–C) groups is 1. The molecule has 264 valence electrons. The van der Waals surface area contributed by atoms with Crippen molar-refractivity contribution >= 4 is 5.71 Å². The van der Waals surface area contributed by atoms with Gasteiger partial charge in [-0.1, -0.05) is 12.1 Å². The maximum absolute atomic E-state index is 10.1. The summed E-state index contributed by atoms with van der Waals surface area (Å²) in [5.74, 6) is 3.23. The van der Waals surface area contributed by atoms with E-state index in [9.17, 15) is 10.2 Å². The van der Waals surface area contributed by atoms with Crippen LogP contribution in [0.25, 0.3) is 0 Å². The number of phenols is 2. The highest BCUT2D eigenvalue weighted by Gasteiger charge is 2.32. The molecule has 0 amide bonds. The molecule has 11 heteroatoms. The average Bonchev–Trinajstić information content (AvgIpc) is 3.14. The van der Waals surface area contributed by atoms with Crippen LogP contribution in [-0.4, -0.2) is 72.7 Å². The fraction of sp³-hybridized carbons (Fsp3) is 0.308. The van der Waals surface area contributed by atoms with Gasteiger partial charge in [-0.15, -0.1) is 0 Å². The van der Waals surface area contributed by atoms with Gasteiger partial charge < -0.3 is 39.2 Å². The van der Waals surface area contributed by atoms with E-state index in [0.29, 0.717) is 30.2 Å². The van der Waals surface area contributed by atoms with Crippen LogP contribution in [0.5, 0.6) is 34.5 Å². The zero-order valence-corrected chi connectivity index (χ0v) is 28.8. The van der Waals surface area contributed by atoms with Gasteiger partial charge >= 0.3 is 0 Å². The summed E-state index contributed by atoms with van der Waals surface area (Å²) in [6.45, 7) is 2.74. The summed E-state index contributed by atoms with van der Waals surface area (Å²) < 4.78 is 21.0. The number of aliphatic hydroxyl groups is 1. The molecule has 4 aromatic rings. The fourth-order valence-corrected chi connectivity index (χ4v) is 6.68. The lowest BCUT2D eigenvalue weighted by Crippen LogP contribution is -2.39. The Morgan fingerprint density at radius 1 is 0.760 bits per heavy atom. The van der Waals surface area contributed by atoms with Crippen LogP contribution in [0.3, 0.4) is 0 Å². The van der Waals surface area contributed by atoms with Crippen molar-refractivity contribution in [2.75, 3.05) is 41.5 Å². The second-order valence-corrected chi connectivity index (χ2v) is 12.0. The van der Waals surface area contributed by atoms with E-state index in [2.05, 4.69) is 39.0 Å². The quantitative estimate of drug-likeness (QED) is 0.0960. The number of benzene rings is 4. The largest absolute Gasteiger partial charge is 0.512 e. The summed E-state index contributed by atoms with van der Waals surface area (Å²) in [4.78, 5) is 10.4. The van der Waals surface area contributed by atoms with Crippen LogP contribution < -0.4 is 18.9 Å². The summed E-state index contributed by atoms with van der Waals surface area (Å²) in [6.07, 6.45) is 4.92. The summed E-state index contributed by atoms with van der Waals surface area (Å²) >= 11 is 0. The van der Waals surface area contributed by atoms with Crippen LogP contribution in [0.15, 0.2) is 84.2 Å². The predicted octanol–water partition coefficient (Wildman–Crippen LogP) is 6.57. The molecule has 0 aromatic heterocycles. The summed E-state index contributed by atoms with van der Waals surface area (Å²) in [6, 6.07) is 22.2. The van der Waals surface area contributed by atoms with Crippen LogP contribution in [0, 0.1) is 0 Å². The van der Waals surface area contributed by atoms with Crippen LogP contribution in [0.1, 0.15) is 45.0 Å². The Morgan fingerprint density at radius 2 is 1.48 bits per heavy atom. The third-order valence-corrected chi connectivity index (χ3v) is 9.15. The molecule has 4 N–H and O–H groups in total. The molecule has 0 spiro atoms. The molecule has 50 heavy (non-hydrogen) atoms. The van der Waals surface area contributed by atoms with Crippen LogP contribution in [0.2, 0.25) is 0 Å². The van der Waals surface area contributed by atoms with Gasteiger partial charge in [0.15, 0.2) is 29.3 Å². The summed E-state index contributed by atoms with van der Waals surface area (Å²) in [5.41, 5.74) is 9.74. The van der Waals surface area contributed by atoms with Crippen molar-refractivity contribution < 1.29 is 44.4 Å². The van der Waals surface area contributed by atoms with E-state index in [4.69, 9.17) is 29.3 Å². The molecule has 0 saturated carbocycles. The molecule has 3 aliphatic rings. The zero-order chi connectivity index (χ0) is 35.6. The molecule has 0 saturated heterocycles. The lowest BCUT2D eigenvalue weighted by molar-refractivity contribution is -0.188. The number of fused-ring (bicyclic) bond motifs is 5. The standard InChI is InChI=1S/C19H21NO3.C18H19NO3.C2H4O3/c1-22-15-3-4-16-12(7-15)5-6-20-11-14-10-19(23-2)18(21)9-13(14)8-17(16)20;1-21-14-4-5-15-13(11-14)7-8-19-16(15)9-12-3-6-18(22-2)17(20)10-12;3-1-2-5-4/h3-4,7,9-10,17,21H,5-6,8,11H2,1-2H3;3-6,10-11,20H,7-9H2,1-2H3;1-4H/b;;2-1+. The molecule has 7 rings (SSSR count). The van der Waals surface area contributed by atoms with Crippen molar-refractivity contribution in [2.24, 2.45) is 4.99 Å². The number of nitrogens with zero attached hydrogens (tertiary/aromatic N) is 2. The Kier molecular flexibility index (Phi) is 12.1. The van der Waals surface area contributed by atoms with E-state index in [1.807, 2.05) is 30.3 Å². The Morgan fingerprint density at radius 3 is 2.14 bits per heavy atom. The lowest BCUT2D eigenvalue weighted by atomic mass is 9.84. The van der Waals surface area contributed by atoms with Crippen molar-refractivity contribution in [1.82, 2.24) is 4.90 Å². The second kappa shape index (κ2) is 16.8. The molecule has 3 heterocycles. The number of ether oxygens (including phenoxy) is 4. The summed E-state index contributed by atoms with van der Waals surface area (Å²) in [7, 11) is 6.53. The number of aliphatic hydroxyl groups excluding tert-OH is 1. The Balaban J connectivity index is 0.000000172. The smallest absolute Gasteiger partial charge is 0.163 e. The van der Waals surface area contributed by atoms with Crippen LogP contribution in [-0.2, 0) is 37.1 Å². The minimum Gasteiger partial charge on any atom is -0.512 e. The van der Waals surface area contributed by atoms with Gasteiger partial charge in [0.05, 0.1) is 28.4 Å². The highest BCUT2D eigenvalue weighted by Crippen LogP contribution is 2.42. The Hall–Kier alpha value is -5.39. The van der Waals surface area contributed by atoms with Crippen molar-refractivity contribution in [2.45, 2.75) is 38.3 Å². The maximum Gasteiger partial charge on any atom is 0.163 e. The first-order valence-electron chi connectivity index (χ1n) is 16.3. The number of rotatable bonds is 7. The first-order valence-corrected chi connectivity index (χ1v) is 16.3. The third kappa shape index (κ3) is 8.24. The van der Waals surface area contributed by atoms with Crippen LogP contribution in [0.4, 0.5) is 0 Å². The molecule has 1 atom stereocenters. The Labute approximate surface area is 292 Å². The lowest BCUT2D eigenvalue weighted by Gasteiger charge is -2.41. The number of hydrogen-bond acceptors (Lipinski definition) is 11. The molecule has 0 radical (unpaired) electrons. The van der Waals surface area contributed by atoms with Crippen molar-refractivity contribution in [3.8, 4) is 34.5 Å². The molecule has 11 nitrogen and oxygen atoms in total. The van der Waals surface area contributed by atoms with E-state index in [1.54, 1.807) is 40.6 Å². The number of hydrogen-bond donors (Lipinski definition) is 4. The third-order valence-electron chi connectivity index (χ3n) is 9.15. The van der Waals surface area contributed by atoms with Gasteiger partial charge in [0.1, 0.15) is 17.8 Å². The molecular formula is C39H44N2O9. The SMILES string of the molecule is COc1ccc2c(c1)CCN1Cc3cc(OC)c(O)cc3CC21.COc1ccc2c(c1)CCN=C2Cc1ccc(OC)c(O)c1.O/C=C/OO. The number of phenolic OH excluding ortho intramolecular Hbond substituents is 2. The van der Waals surface area contributed by atoms with Crippen molar-refractivity contribution in [3.05, 3.63) is 118 Å². The highest BCUT2D eigenvalue weighted by atomic mass is 17.1. The first-order chi connectivity index (χ1) is 24.3. The van der Waals surface area contributed by atoms with Gasteiger partial charge in [0.2, 0.25) is 0 Å². The average molecular weight is 685 g/mol. The predicted molar refractivity (Wildman–Crippen MR) is 190 cm³/mol. The minimum atomic E-state index is 0.159. The van der Waals surface area contributed by atoms with E-state index >= 15 is 0 Å². The molecular weight excluding hydrogens is 640 g/mol. The first kappa shape index (κ1) is 35.9. The fourth-order valence-electron chi connectivity index (χ4n) is 6.68. The van der Waals surface area contributed by atoms with Gasteiger partial charge in [-0.3, -0.25) is 9.89 Å². The van der Waals surface area contributed by atoms with Gasteiger partial charge in [0, 0.05) is 37.8 Å². The van der Waals surface area contributed by atoms with E-state index < -0.39 is 0 Å². The van der Waals surface area contributed by atoms with E-state index in [0.717, 1.165) is 67.9 Å². The number of methoxy groups -OCH3 is 4. The molecule has 0 aliphatic carbocycles. The van der Waals surface area contributed by atoms with Crippen LogP contribution >= 0.6 is 0 Å². The van der Waals surface area contributed by atoms with Gasteiger partial charge in [-0.05, 0) is 113 Å². The summed E-state index contributed by atoms with van der Waals surface area (Å²) in [5, 5.41) is 34.9. The second-order valence-electron chi connectivity index (χ2n) is 12.0. The zero-order valence-electron chi connectivity index (χ0n) is 28.8.